The van der Waals surface area contributed by atoms with Crippen molar-refractivity contribution in [2.75, 3.05) is 25.9 Å². The number of nitrogens with zero attached hydrogens (tertiary/aromatic N) is 1. The van der Waals surface area contributed by atoms with Gasteiger partial charge in [-0.25, -0.2) is 13.9 Å². The predicted molar refractivity (Wildman–Crippen MR) is 114 cm³/mol. The van der Waals surface area contributed by atoms with E-state index in [0.29, 0.717) is 11.1 Å². The van der Waals surface area contributed by atoms with Gasteiger partial charge in [0.2, 0.25) is 0 Å². The second kappa shape index (κ2) is 9.02. The summed E-state index contributed by atoms with van der Waals surface area (Å²) in [6.07, 6.45) is -1.27. The van der Waals surface area contributed by atoms with E-state index in [1.165, 1.54) is 36.2 Å². The standard InChI is InChI=1S/C20H22FN3O6S/c1-22-31(27,28)23-16-6-4-5-13(18(16)21)10-14-9-12-7-8-15(29-20(26)24(2)3)11-17(12)30-19(14)25/h4-9,11,20,22-23,26H,10H2,1-3H3. The number of rotatable bonds is 8. The Morgan fingerprint density at radius 3 is 2.61 bits per heavy atom. The van der Waals surface area contributed by atoms with Crippen LogP contribution in [0.2, 0.25) is 0 Å². The number of aliphatic hydroxyl groups is 1. The van der Waals surface area contributed by atoms with Crippen LogP contribution in [-0.2, 0) is 16.6 Å². The molecule has 0 aliphatic heterocycles. The summed E-state index contributed by atoms with van der Waals surface area (Å²) in [6, 6.07) is 10.5. The van der Waals surface area contributed by atoms with Crippen LogP contribution < -0.4 is 19.8 Å². The Bertz CT molecular complexity index is 1260. The molecule has 0 bridgehead atoms. The third-order valence-corrected chi connectivity index (χ3v) is 5.46. The number of hydrogen-bond donors (Lipinski definition) is 3. The molecule has 9 nitrogen and oxygen atoms in total. The Morgan fingerprint density at radius 2 is 1.94 bits per heavy atom. The third kappa shape index (κ3) is 5.39. The highest BCUT2D eigenvalue weighted by molar-refractivity contribution is 7.90. The minimum Gasteiger partial charge on any atom is -0.451 e. The molecule has 0 aliphatic carbocycles. The van der Waals surface area contributed by atoms with Crippen molar-refractivity contribution in [1.82, 2.24) is 9.62 Å². The fraction of sp³-hybridized carbons (Fsp3) is 0.250. The molecule has 3 aromatic rings. The van der Waals surface area contributed by atoms with E-state index in [-0.39, 0.29) is 28.8 Å². The van der Waals surface area contributed by atoms with Crippen molar-refractivity contribution in [3.63, 3.8) is 0 Å². The largest absolute Gasteiger partial charge is 0.451 e. The molecule has 1 unspecified atom stereocenters. The van der Waals surface area contributed by atoms with E-state index >= 15 is 0 Å². The quantitative estimate of drug-likeness (QED) is 0.351. The number of hydrogen-bond acceptors (Lipinski definition) is 7. The van der Waals surface area contributed by atoms with Crippen molar-refractivity contribution in [1.29, 1.82) is 0 Å². The first kappa shape index (κ1) is 22.7. The molecule has 1 atom stereocenters. The number of ether oxygens (including phenoxy) is 1. The van der Waals surface area contributed by atoms with Crippen LogP contribution in [0.1, 0.15) is 11.1 Å². The second-order valence-electron chi connectivity index (χ2n) is 6.93. The fourth-order valence-electron chi connectivity index (χ4n) is 2.75. The van der Waals surface area contributed by atoms with Crippen LogP contribution in [0.25, 0.3) is 11.0 Å². The molecule has 0 amide bonds. The van der Waals surface area contributed by atoms with E-state index in [4.69, 9.17) is 9.15 Å². The van der Waals surface area contributed by atoms with Gasteiger partial charge in [-0.2, -0.15) is 8.42 Å². The van der Waals surface area contributed by atoms with Crippen LogP contribution in [0.15, 0.2) is 51.7 Å². The minimum atomic E-state index is -3.89. The molecule has 1 heterocycles. The lowest BCUT2D eigenvalue weighted by Gasteiger charge is -2.19. The first-order chi connectivity index (χ1) is 14.6. The summed E-state index contributed by atoms with van der Waals surface area (Å²) in [6.45, 7) is 0. The maximum absolute atomic E-state index is 14.8. The summed E-state index contributed by atoms with van der Waals surface area (Å²) in [4.78, 5) is 13.9. The van der Waals surface area contributed by atoms with E-state index < -0.39 is 28.1 Å². The third-order valence-electron chi connectivity index (χ3n) is 4.44. The zero-order valence-electron chi connectivity index (χ0n) is 17.0. The van der Waals surface area contributed by atoms with Gasteiger partial charge >= 0.3 is 5.63 Å². The van der Waals surface area contributed by atoms with Crippen LogP contribution in [0, 0.1) is 5.82 Å². The van der Waals surface area contributed by atoms with Crippen LogP contribution in [-0.4, -0.2) is 46.0 Å². The van der Waals surface area contributed by atoms with Crippen molar-refractivity contribution in [3.8, 4) is 5.75 Å². The topological polar surface area (TPSA) is 121 Å². The van der Waals surface area contributed by atoms with Gasteiger partial charge in [0.15, 0.2) is 5.82 Å². The molecule has 0 spiro atoms. The highest BCUT2D eigenvalue weighted by atomic mass is 32.2. The van der Waals surface area contributed by atoms with Gasteiger partial charge in [-0.05, 0) is 43.9 Å². The smallest absolute Gasteiger partial charge is 0.339 e. The molecule has 166 valence electrons. The number of nitrogens with one attached hydrogen (secondary N) is 2. The van der Waals surface area contributed by atoms with Gasteiger partial charge in [0.05, 0.1) is 5.69 Å². The highest BCUT2D eigenvalue weighted by Crippen LogP contribution is 2.24. The molecule has 3 rings (SSSR count). The summed E-state index contributed by atoms with van der Waals surface area (Å²) < 4.78 is 52.9. The predicted octanol–water partition coefficient (Wildman–Crippen LogP) is 1.62. The van der Waals surface area contributed by atoms with Crippen LogP contribution in [0.4, 0.5) is 10.1 Å². The van der Waals surface area contributed by atoms with Crippen molar-refractivity contribution in [3.05, 3.63) is 69.8 Å². The summed E-state index contributed by atoms with van der Waals surface area (Å²) in [5.74, 6) is -0.484. The normalized spacial score (nSPS) is 12.8. The summed E-state index contributed by atoms with van der Waals surface area (Å²) in [7, 11) is 0.573. The van der Waals surface area contributed by atoms with Gasteiger partial charge in [0, 0.05) is 30.5 Å². The Balaban J connectivity index is 1.90. The maximum Gasteiger partial charge on any atom is 0.339 e. The molecule has 0 fully saturated rings. The lowest BCUT2D eigenvalue weighted by molar-refractivity contribution is -0.114. The van der Waals surface area contributed by atoms with E-state index in [9.17, 15) is 22.7 Å². The van der Waals surface area contributed by atoms with Gasteiger partial charge in [0.25, 0.3) is 16.6 Å². The monoisotopic (exact) mass is 451 g/mol. The first-order valence-corrected chi connectivity index (χ1v) is 10.6. The Kier molecular flexibility index (Phi) is 6.60. The summed E-state index contributed by atoms with van der Waals surface area (Å²) in [5, 5.41) is 10.4. The second-order valence-corrected chi connectivity index (χ2v) is 8.55. The van der Waals surface area contributed by atoms with Gasteiger partial charge in [-0.3, -0.25) is 9.62 Å². The summed E-state index contributed by atoms with van der Waals surface area (Å²) >= 11 is 0. The van der Waals surface area contributed by atoms with Crippen LogP contribution in [0.3, 0.4) is 0 Å². The molecule has 0 saturated heterocycles. The van der Waals surface area contributed by atoms with Crippen molar-refractivity contribution < 1.29 is 27.1 Å². The molecule has 31 heavy (non-hydrogen) atoms. The van der Waals surface area contributed by atoms with E-state index in [1.807, 2.05) is 4.72 Å². The fourth-order valence-corrected chi connectivity index (χ4v) is 3.30. The van der Waals surface area contributed by atoms with Crippen molar-refractivity contribution in [2.45, 2.75) is 12.8 Å². The lowest BCUT2D eigenvalue weighted by atomic mass is 10.0. The Hall–Kier alpha value is -2.99. The van der Waals surface area contributed by atoms with Crippen molar-refractivity contribution >= 4 is 26.9 Å². The van der Waals surface area contributed by atoms with Gasteiger partial charge in [-0.1, -0.05) is 12.1 Å². The highest BCUT2D eigenvalue weighted by Gasteiger charge is 2.16. The molecular formula is C20H22FN3O6S. The molecule has 0 aliphatic rings. The molecule has 1 aromatic heterocycles. The van der Waals surface area contributed by atoms with E-state index in [1.54, 1.807) is 32.3 Å². The molecule has 11 heteroatoms. The molecular weight excluding hydrogens is 429 g/mol. The van der Waals surface area contributed by atoms with Crippen molar-refractivity contribution in [2.24, 2.45) is 0 Å². The number of fused-ring (bicyclic) bond motifs is 1. The number of aliphatic hydroxyl groups excluding tert-OH is 1. The SMILES string of the molecule is CNS(=O)(=O)Nc1cccc(Cc2cc3ccc(OC(O)N(C)C)cc3oc2=O)c1F. The minimum absolute atomic E-state index is 0.100. The molecule has 3 N–H and O–H groups in total. The Morgan fingerprint density at radius 1 is 1.19 bits per heavy atom. The average molecular weight is 451 g/mol. The average Bonchev–Trinajstić information content (AvgIpc) is 2.71. The number of benzene rings is 2. The first-order valence-electron chi connectivity index (χ1n) is 9.16. The zero-order chi connectivity index (χ0) is 22.8. The van der Waals surface area contributed by atoms with Gasteiger partial charge < -0.3 is 14.3 Å². The molecule has 0 radical (unpaired) electrons. The lowest BCUT2D eigenvalue weighted by Crippen LogP contribution is -2.32. The number of halogens is 1. The maximum atomic E-state index is 14.8. The Labute approximate surface area is 178 Å². The molecule has 0 saturated carbocycles. The van der Waals surface area contributed by atoms with E-state index in [2.05, 4.69) is 4.72 Å². The van der Waals surface area contributed by atoms with Gasteiger partial charge in [-0.15, -0.1) is 0 Å². The zero-order valence-corrected chi connectivity index (χ0v) is 17.9. The van der Waals surface area contributed by atoms with Gasteiger partial charge in [0.1, 0.15) is 11.3 Å². The molecule has 2 aromatic carbocycles. The summed E-state index contributed by atoms with van der Waals surface area (Å²) in [5.41, 5.74) is -0.344. The van der Waals surface area contributed by atoms with E-state index in [0.717, 1.165) is 0 Å². The van der Waals surface area contributed by atoms with Crippen LogP contribution >= 0.6 is 0 Å². The number of anilines is 1. The van der Waals surface area contributed by atoms with Crippen LogP contribution in [0.5, 0.6) is 5.75 Å².